The minimum absolute atomic E-state index is 0.0223. The van der Waals surface area contributed by atoms with Crippen molar-refractivity contribution in [1.82, 2.24) is 20.1 Å². The second-order valence-electron chi connectivity index (χ2n) is 6.29. The molecule has 1 aromatic heterocycles. The molecule has 1 N–H and O–H groups in total. The summed E-state index contributed by atoms with van der Waals surface area (Å²) in [4.78, 5) is 12.1. The molecule has 0 bridgehead atoms. The summed E-state index contributed by atoms with van der Waals surface area (Å²) < 4.78 is 2.04. The summed E-state index contributed by atoms with van der Waals surface area (Å²) in [5.41, 5.74) is 3.14. The van der Waals surface area contributed by atoms with Crippen LogP contribution in [0.3, 0.4) is 0 Å². The lowest BCUT2D eigenvalue weighted by Gasteiger charge is -2.13. The molecule has 0 radical (unpaired) electrons. The standard InChI is InChI=1S/C21H24N4OS/c1-3-4-14-22-19(26)15-27-21-24-23-20(17-11-6-5-7-12-17)25(21)18-13-9-8-10-16(18)2/h5-13H,3-4,14-15H2,1-2H3,(H,22,26). The molecule has 140 valence electrons. The smallest absolute Gasteiger partial charge is 0.230 e. The lowest BCUT2D eigenvalue weighted by Crippen LogP contribution is -2.26. The fraction of sp³-hybridized carbons (Fsp3) is 0.286. The van der Waals surface area contributed by atoms with Gasteiger partial charge in [0.05, 0.1) is 11.4 Å². The van der Waals surface area contributed by atoms with E-state index in [1.807, 2.05) is 47.0 Å². The number of para-hydroxylation sites is 1. The van der Waals surface area contributed by atoms with Gasteiger partial charge in [0.25, 0.3) is 0 Å². The Balaban J connectivity index is 1.89. The minimum atomic E-state index is 0.0223. The predicted octanol–water partition coefficient (Wildman–Crippen LogP) is 4.25. The molecule has 1 amide bonds. The van der Waals surface area contributed by atoms with Gasteiger partial charge in [-0.1, -0.05) is 73.6 Å². The summed E-state index contributed by atoms with van der Waals surface area (Å²) >= 11 is 1.41. The number of rotatable bonds is 8. The Labute approximate surface area is 164 Å². The zero-order valence-corrected chi connectivity index (χ0v) is 16.5. The molecule has 6 heteroatoms. The van der Waals surface area contributed by atoms with Crippen molar-refractivity contribution in [2.75, 3.05) is 12.3 Å². The topological polar surface area (TPSA) is 59.8 Å². The van der Waals surface area contributed by atoms with Crippen molar-refractivity contribution in [2.45, 2.75) is 31.8 Å². The van der Waals surface area contributed by atoms with Crippen LogP contribution in [-0.4, -0.2) is 33.0 Å². The second-order valence-corrected chi connectivity index (χ2v) is 7.23. The molecule has 0 unspecified atom stereocenters. The maximum absolute atomic E-state index is 12.1. The van der Waals surface area contributed by atoms with Gasteiger partial charge >= 0.3 is 0 Å². The molecule has 0 fully saturated rings. The lowest BCUT2D eigenvalue weighted by molar-refractivity contribution is -0.118. The SMILES string of the molecule is CCCCNC(=O)CSc1nnc(-c2ccccc2)n1-c1ccccc1C. The lowest BCUT2D eigenvalue weighted by atomic mass is 10.1. The Morgan fingerprint density at radius 3 is 2.56 bits per heavy atom. The van der Waals surface area contributed by atoms with Crippen molar-refractivity contribution >= 4 is 17.7 Å². The van der Waals surface area contributed by atoms with Gasteiger partial charge in [-0.05, 0) is 25.0 Å². The van der Waals surface area contributed by atoms with Crippen LogP contribution in [0.1, 0.15) is 25.3 Å². The van der Waals surface area contributed by atoms with E-state index in [4.69, 9.17) is 0 Å². The monoisotopic (exact) mass is 380 g/mol. The summed E-state index contributed by atoms with van der Waals surface area (Å²) in [7, 11) is 0. The van der Waals surface area contributed by atoms with Gasteiger partial charge in [0.2, 0.25) is 5.91 Å². The van der Waals surface area contributed by atoms with E-state index in [9.17, 15) is 4.79 Å². The first-order chi connectivity index (χ1) is 13.2. The van der Waals surface area contributed by atoms with Crippen LogP contribution in [-0.2, 0) is 4.79 Å². The van der Waals surface area contributed by atoms with Crippen LogP contribution in [0.4, 0.5) is 0 Å². The highest BCUT2D eigenvalue weighted by molar-refractivity contribution is 7.99. The molecule has 0 spiro atoms. The first-order valence-electron chi connectivity index (χ1n) is 9.17. The number of nitrogens with zero attached hydrogens (tertiary/aromatic N) is 3. The van der Waals surface area contributed by atoms with Gasteiger partial charge in [-0.25, -0.2) is 0 Å². The second kappa shape index (κ2) is 9.37. The van der Waals surface area contributed by atoms with Crippen LogP contribution in [0.15, 0.2) is 59.8 Å². The van der Waals surface area contributed by atoms with E-state index in [0.717, 1.165) is 42.0 Å². The van der Waals surface area contributed by atoms with E-state index in [1.54, 1.807) is 0 Å². The number of amides is 1. The summed E-state index contributed by atoms with van der Waals surface area (Å²) in [6.07, 6.45) is 2.06. The molecule has 2 aromatic carbocycles. The van der Waals surface area contributed by atoms with Crippen molar-refractivity contribution in [3.63, 3.8) is 0 Å². The largest absolute Gasteiger partial charge is 0.355 e. The molecular weight excluding hydrogens is 356 g/mol. The Kier molecular flexibility index (Phi) is 6.65. The molecule has 0 aliphatic heterocycles. The molecule has 1 heterocycles. The number of hydrogen-bond donors (Lipinski definition) is 1. The Bertz CT molecular complexity index is 892. The highest BCUT2D eigenvalue weighted by Crippen LogP contribution is 2.29. The van der Waals surface area contributed by atoms with Crippen LogP contribution in [0.2, 0.25) is 0 Å². The van der Waals surface area contributed by atoms with Gasteiger partial charge < -0.3 is 5.32 Å². The molecule has 0 saturated heterocycles. The number of carbonyl (C=O) groups is 1. The molecule has 0 atom stereocenters. The van der Waals surface area contributed by atoms with Gasteiger partial charge in [0.1, 0.15) is 0 Å². The first kappa shape index (κ1) is 19.2. The maximum Gasteiger partial charge on any atom is 0.230 e. The number of thioether (sulfide) groups is 1. The van der Waals surface area contributed by atoms with Gasteiger partial charge in [-0.2, -0.15) is 0 Å². The molecule has 3 aromatic rings. The average Bonchev–Trinajstić information content (AvgIpc) is 3.11. The normalized spacial score (nSPS) is 10.7. The summed E-state index contributed by atoms with van der Waals surface area (Å²) in [6, 6.07) is 18.1. The number of aryl methyl sites for hydroxylation is 1. The quantitative estimate of drug-likeness (QED) is 0.469. The number of aromatic nitrogens is 3. The minimum Gasteiger partial charge on any atom is -0.355 e. The van der Waals surface area contributed by atoms with Crippen molar-refractivity contribution in [3.8, 4) is 17.1 Å². The fourth-order valence-electron chi connectivity index (χ4n) is 2.75. The summed E-state index contributed by atoms with van der Waals surface area (Å²) in [5, 5.41) is 12.5. The van der Waals surface area contributed by atoms with Gasteiger partial charge in [-0.15, -0.1) is 10.2 Å². The molecule has 0 aliphatic carbocycles. The maximum atomic E-state index is 12.1. The molecule has 27 heavy (non-hydrogen) atoms. The summed E-state index contributed by atoms with van der Waals surface area (Å²) in [6.45, 7) is 4.89. The third kappa shape index (κ3) is 4.77. The van der Waals surface area contributed by atoms with E-state index in [2.05, 4.69) is 41.5 Å². The van der Waals surface area contributed by atoms with Gasteiger partial charge in [0, 0.05) is 12.1 Å². The Morgan fingerprint density at radius 2 is 1.81 bits per heavy atom. The number of carbonyl (C=O) groups excluding carboxylic acids is 1. The Hall–Kier alpha value is -2.60. The van der Waals surface area contributed by atoms with Gasteiger partial charge in [0.15, 0.2) is 11.0 Å². The van der Waals surface area contributed by atoms with E-state index in [1.165, 1.54) is 11.8 Å². The molecular formula is C21H24N4OS. The van der Waals surface area contributed by atoms with Gasteiger partial charge in [-0.3, -0.25) is 9.36 Å². The van der Waals surface area contributed by atoms with E-state index >= 15 is 0 Å². The highest BCUT2D eigenvalue weighted by Gasteiger charge is 2.18. The van der Waals surface area contributed by atoms with Crippen LogP contribution >= 0.6 is 11.8 Å². The molecule has 5 nitrogen and oxygen atoms in total. The zero-order valence-electron chi connectivity index (χ0n) is 15.7. The average molecular weight is 381 g/mol. The molecule has 0 aliphatic rings. The van der Waals surface area contributed by atoms with Crippen molar-refractivity contribution in [1.29, 1.82) is 0 Å². The number of hydrogen-bond acceptors (Lipinski definition) is 4. The van der Waals surface area contributed by atoms with Crippen LogP contribution in [0, 0.1) is 6.92 Å². The van der Waals surface area contributed by atoms with Crippen LogP contribution in [0.25, 0.3) is 17.1 Å². The first-order valence-corrected chi connectivity index (χ1v) is 10.2. The van der Waals surface area contributed by atoms with E-state index < -0.39 is 0 Å². The highest BCUT2D eigenvalue weighted by atomic mass is 32.2. The third-order valence-corrected chi connectivity index (χ3v) is 5.14. The zero-order chi connectivity index (χ0) is 19.1. The van der Waals surface area contributed by atoms with Crippen molar-refractivity contribution in [3.05, 3.63) is 60.2 Å². The van der Waals surface area contributed by atoms with Crippen LogP contribution < -0.4 is 5.32 Å². The predicted molar refractivity (Wildman–Crippen MR) is 110 cm³/mol. The number of benzene rings is 2. The number of nitrogens with one attached hydrogen (secondary N) is 1. The Morgan fingerprint density at radius 1 is 1.07 bits per heavy atom. The fourth-order valence-corrected chi connectivity index (χ4v) is 3.53. The van der Waals surface area contributed by atoms with Crippen molar-refractivity contribution < 1.29 is 4.79 Å². The third-order valence-electron chi connectivity index (χ3n) is 4.21. The van der Waals surface area contributed by atoms with E-state index in [0.29, 0.717) is 10.9 Å². The van der Waals surface area contributed by atoms with Crippen molar-refractivity contribution in [2.24, 2.45) is 0 Å². The molecule has 0 saturated carbocycles. The molecule has 3 rings (SSSR count). The number of unbranched alkanes of at least 4 members (excludes halogenated alkanes) is 1. The summed E-state index contributed by atoms with van der Waals surface area (Å²) in [5.74, 6) is 1.12. The van der Waals surface area contributed by atoms with E-state index in [-0.39, 0.29) is 5.91 Å². The van der Waals surface area contributed by atoms with Crippen LogP contribution in [0.5, 0.6) is 0 Å².